The van der Waals surface area contributed by atoms with Gasteiger partial charge in [0.2, 0.25) is 0 Å². The third-order valence-corrected chi connectivity index (χ3v) is 9.05. The molecule has 2 saturated heterocycles. The van der Waals surface area contributed by atoms with Crippen LogP contribution >= 0.6 is 11.8 Å². The lowest BCUT2D eigenvalue weighted by molar-refractivity contribution is -0.189. The molecule has 46 heavy (non-hydrogen) atoms. The maximum Gasteiger partial charge on any atom is 0.194 e. The van der Waals surface area contributed by atoms with E-state index in [0.29, 0.717) is 23.4 Å². The maximum atomic E-state index is 13.8. The van der Waals surface area contributed by atoms with Crippen molar-refractivity contribution < 1.29 is 53.3 Å². The molecule has 0 aliphatic carbocycles. The van der Waals surface area contributed by atoms with Gasteiger partial charge in [0, 0.05) is 23.5 Å². The molecule has 16 nitrogen and oxygen atoms in total. The summed E-state index contributed by atoms with van der Waals surface area (Å²) in [5.41, 5.74) is -2.03. The van der Waals surface area contributed by atoms with Gasteiger partial charge in [-0.3, -0.25) is 0 Å². The zero-order valence-corrected chi connectivity index (χ0v) is 24.2. The number of rotatable bonds is 8. The quantitative estimate of drug-likeness (QED) is 0.121. The summed E-state index contributed by atoms with van der Waals surface area (Å²) in [6.45, 7) is -1.37. The number of benzene rings is 1. The molecule has 2 fully saturated rings. The highest BCUT2D eigenvalue weighted by Gasteiger charge is 2.51. The number of hydrogen-bond acceptors (Lipinski definition) is 15. The molecule has 2 aliphatic rings. The molecule has 5 heterocycles. The lowest BCUT2D eigenvalue weighted by Crippen LogP contribution is -2.58. The molecule has 8 unspecified atom stereocenters. The number of aromatic nitrogens is 8. The van der Waals surface area contributed by atoms with Gasteiger partial charge in [-0.25, -0.2) is 32.5 Å². The van der Waals surface area contributed by atoms with Crippen LogP contribution in [0.5, 0.6) is 0 Å². The van der Waals surface area contributed by atoms with Crippen LogP contribution in [0.2, 0.25) is 0 Å². The third-order valence-electron chi connectivity index (χ3n) is 7.73. The Morgan fingerprint density at radius 3 is 1.61 bits per heavy atom. The number of nitrogens with zero attached hydrogens (tertiary/aromatic N) is 8. The van der Waals surface area contributed by atoms with Gasteiger partial charge in [0.05, 0.1) is 25.6 Å². The Bertz CT molecular complexity index is 1630. The number of thioether (sulfide) groups is 1. The van der Waals surface area contributed by atoms with Crippen LogP contribution in [0.3, 0.4) is 0 Å². The fourth-order valence-electron chi connectivity index (χ4n) is 5.36. The van der Waals surface area contributed by atoms with Crippen LogP contribution in [0.15, 0.2) is 43.2 Å². The van der Waals surface area contributed by atoms with Crippen LogP contribution < -0.4 is 0 Å². The van der Waals surface area contributed by atoms with Crippen LogP contribution in [0.4, 0.5) is 13.2 Å². The Balaban J connectivity index is 1.25. The monoisotopic (exact) mass is 668 g/mol. The summed E-state index contributed by atoms with van der Waals surface area (Å²) in [5.74, 6) is -4.59. The van der Waals surface area contributed by atoms with Gasteiger partial charge in [0.25, 0.3) is 0 Å². The van der Waals surface area contributed by atoms with Gasteiger partial charge in [-0.1, -0.05) is 22.2 Å². The van der Waals surface area contributed by atoms with E-state index in [-0.39, 0.29) is 11.3 Å². The molecule has 1 aromatic carbocycles. The van der Waals surface area contributed by atoms with E-state index in [1.807, 2.05) is 0 Å². The van der Waals surface area contributed by atoms with Gasteiger partial charge in [0.1, 0.15) is 77.3 Å². The fourth-order valence-corrected chi connectivity index (χ4v) is 6.68. The summed E-state index contributed by atoms with van der Waals surface area (Å²) in [4.78, 5) is 7.85. The Morgan fingerprint density at radius 1 is 0.696 bits per heavy atom. The van der Waals surface area contributed by atoms with Crippen LogP contribution in [0, 0.1) is 17.5 Å². The molecule has 3 aromatic heterocycles. The number of aliphatic hydroxyl groups is 6. The fraction of sp³-hybridized carbons (Fsp3) is 0.462. The average Bonchev–Trinajstić information content (AvgIpc) is 3.74. The molecule has 0 radical (unpaired) electrons. The van der Waals surface area contributed by atoms with E-state index in [9.17, 15) is 43.8 Å². The van der Waals surface area contributed by atoms with Gasteiger partial charge in [-0.05, 0) is 12.1 Å². The molecule has 6 rings (SSSR count). The first-order valence-electron chi connectivity index (χ1n) is 13.8. The van der Waals surface area contributed by atoms with Crippen LogP contribution in [0.25, 0.3) is 22.5 Å². The molecule has 10 atom stereocenters. The van der Waals surface area contributed by atoms with Crippen molar-refractivity contribution in [2.75, 3.05) is 13.2 Å². The SMILES string of the molecule is OCC1OC(S[C@@H]2O[C@H](CO)C(O)C(n3cc(-c4cncnc4)nn3)C2O)C(O)C(n2cc(-c3cc(F)c(F)c(F)c3)nn2)C1O. The highest BCUT2D eigenvalue weighted by atomic mass is 32.2. The normalized spacial score (nSPS) is 31.7. The highest BCUT2D eigenvalue weighted by Crippen LogP contribution is 2.42. The van der Waals surface area contributed by atoms with Crippen molar-refractivity contribution in [1.82, 2.24) is 40.0 Å². The molecule has 0 saturated carbocycles. The second-order valence-electron chi connectivity index (χ2n) is 10.6. The average molecular weight is 669 g/mol. The molecule has 4 aromatic rings. The molecular formula is C26H27F3N8O8S. The molecule has 2 aliphatic heterocycles. The standard InChI is InChI=1S/C26H27F3N8O8S/c27-12-1-10(2-13(28)18(12)29)14-5-36(34-32-14)19-21(40)16(7-38)44-25(23(19)42)46-26-24(43)20(22(41)17(8-39)45-26)37-6-15(33-35-37)11-3-30-9-31-4-11/h1-6,9,16-17,19-26,38-43H,7-8H2/t16?,17-,19?,20?,21?,22?,23?,24?,25?,26+/m1/s1. The first-order chi connectivity index (χ1) is 22.1. The van der Waals surface area contributed by atoms with Crippen LogP contribution in [-0.2, 0) is 9.47 Å². The lowest BCUT2D eigenvalue weighted by atomic mass is 9.97. The Hall–Kier alpha value is -3.60. The number of aliphatic hydroxyl groups excluding tert-OH is 6. The summed E-state index contributed by atoms with van der Waals surface area (Å²) in [6, 6.07) is -1.13. The highest BCUT2D eigenvalue weighted by molar-refractivity contribution is 8.00. The van der Waals surface area contributed by atoms with E-state index < -0.39 is 90.2 Å². The minimum atomic E-state index is -1.67. The van der Waals surface area contributed by atoms with E-state index in [4.69, 9.17) is 9.47 Å². The third kappa shape index (κ3) is 5.98. The first-order valence-corrected chi connectivity index (χ1v) is 14.7. The minimum Gasteiger partial charge on any atom is -0.394 e. The molecule has 0 bridgehead atoms. The molecule has 0 amide bonds. The largest absolute Gasteiger partial charge is 0.394 e. The van der Waals surface area contributed by atoms with Gasteiger partial charge in [-0.2, -0.15) is 0 Å². The Labute approximate surface area is 261 Å². The lowest BCUT2D eigenvalue weighted by Gasteiger charge is -2.46. The molecule has 246 valence electrons. The smallest absolute Gasteiger partial charge is 0.194 e. The van der Waals surface area contributed by atoms with E-state index in [2.05, 4.69) is 30.6 Å². The van der Waals surface area contributed by atoms with E-state index in [1.54, 1.807) is 0 Å². The van der Waals surface area contributed by atoms with Crippen LogP contribution in [0.1, 0.15) is 12.1 Å². The van der Waals surface area contributed by atoms with E-state index in [1.165, 1.54) is 29.6 Å². The first kappa shape index (κ1) is 32.3. The second kappa shape index (κ2) is 13.3. The minimum absolute atomic E-state index is 0.114. The summed E-state index contributed by atoms with van der Waals surface area (Å²) in [7, 11) is 0. The van der Waals surface area contributed by atoms with Crippen molar-refractivity contribution in [3.8, 4) is 22.5 Å². The van der Waals surface area contributed by atoms with Gasteiger partial charge < -0.3 is 40.1 Å². The predicted octanol–water partition coefficient (Wildman–Crippen LogP) is -1.20. The summed E-state index contributed by atoms with van der Waals surface area (Å²) in [5, 5.41) is 80.3. The van der Waals surface area contributed by atoms with Gasteiger partial charge >= 0.3 is 0 Å². The van der Waals surface area contributed by atoms with Crippen molar-refractivity contribution in [2.45, 2.75) is 59.6 Å². The summed E-state index contributed by atoms with van der Waals surface area (Å²) in [6.07, 6.45) is -1.77. The van der Waals surface area contributed by atoms with Crippen molar-refractivity contribution in [1.29, 1.82) is 0 Å². The maximum absolute atomic E-state index is 13.8. The van der Waals surface area contributed by atoms with Gasteiger partial charge in [0.15, 0.2) is 17.5 Å². The Morgan fingerprint density at radius 2 is 1.15 bits per heavy atom. The van der Waals surface area contributed by atoms with Crippen molar-refractivity contribution >= 4 is 11.8 Å². The summed E-state index contributed by atoms with van der Waals surface area (Å²) < 4.78 is 54.8. The predicted molar refractivity (Wildman–Crippen MR) is 148 cm³/mol. The summed E-state index contributed by atoms with van der Waals surface area (Å²) >= 11 is 0.736. The number of ether oxygens (including phenoxy) is 2. The van der Waals surface area contributed by atoms with Crippen molar-refractivity contribution in [3.63, 3.8) is 0 Å². The zero-order valence-electron chi connectivity index (χ0n) is 23.3. The molecule has 20 heteroatoms. The Kier molecular flexibility index (Phi) is 9.32. The topological polar surface area (TPSA) is 227 Å². The second-order valence-corrected chi connectivity index (χ2v) is 11.8. The number of halogens is 3. The zero-order chi connectivity index (χ0) is 32.7. The molecular weight excluding hydrogens is 641 g/mol. The van der Waals surface area contributed by atoms with E-state index in [0.717, 1.165) is 22.6 Å². The van der Waals surface area contributed by atoms with Crippen LogP contribution in [-0.4, -0.2) is 131 Å². The van der Waals surface area contributed by atoms with Crippen molar-refractivity contribution in [3.05, 3.63) is 60.7 Å². The molecule has 6 N–H and O–H groups in total. The molecule has 0 spiro atoms. The number of hydrogen-bond donors (Lipinski definition) is 6. The van der Waals surface area contributed by atoms with Crippen molar-refractivity contribution in [2.24, 2.45) is 0 Å². The van der Waals surface area contributed by atoms with Gasteiger partial charge in [-0.15, -0.1) is 10.2 Å². The van der Waals surface area contributed by atoms with E-state index >= 15 is 0 Å².